The highest BCUT2D eigenvalue weighted by molar-refractivity contribution is 6.01. The second-order valence-electron chi connectivity index (χ2n) is 9.51. The highest BCUT2D eigenvalue weighted by Gasteiger charge is 2.23. The minimum atomic E-state index is 0.119. The molecule has 0 spiro atoms. The van der Waals surface area contributed by atoms with Crippen molar-refractivity contribution in [3.05, 3.63) is 70.8 Å². The van der Waals surface area contributed by atoms with Crippen molar-refractivity contribution in [3.63, 3.8) is 0 Å². The molecule has 0 heteroatoms. The molecule has 0 radical (unpaired) electrons. The fourth-order valence-corrected chi connectivity index (χ4v) is 4.37. The van der Waals surface area contributed by atoms with E-state index in [1.165, 1.54) is 44.2 Å². The third kappa shape index (κ3) is 3.55. The first-order valence-electron chi connectivity index (χ1n) is 10.3. The summed E-state index contributed by atoms with van der Waals surface area (Å²) >= 11 is 0. The monoisotopic (exact) mass is 358 g/mol. The molecule has 0 heterocycles. The molecule has 3 aromatic rings. The molecule has 0 bridgehead atoms. The van der Waals surface area contributed by atoms with E-state index < -0.39 is 0 Å². The molecular formula is C27H34. The Morgan fingerprint density at radius 2 is 1.22 bits per heavy atom. The highest BCUT2D eigenvalue weighted by Crippen LogP contribution is 2.43. The van der Waals surface area contributed by atoms with Crippen LogP contribution in [0.25, 0.3) is 21.9 Å². The number of aryl methyl sites for hydroxylation is 1. The van der Waals surface area contributed by atoms with Crippen LogP contribution in [0.4, 0.5) is 0 Å². The van der Waals surface area contributed by atoms with Gasteiger partial charge in [0.2, 0.25) is 0 Å². The van der Waals surface area contributed by atoms with Crippen molar-refractivity contribution in [3.8, 4) is 11.1 Å². The van der Waals surface area contributed by atoms with Crippen LogP contribution >= 0.6 is 0 Å². The summed E-state index contributed by atoms with van der Waals surface area (Å²) in [5.74, 6) is 0.994. The fraction of sp³-hybridized carbons (Fsp3) is 0.407. The van der Waals surface area contributed by atoms with E-state index in [0.29, 0.717) is 11.8 Å². The number of benzene rings is 3. The van der Waals surface area contributed by atoms with E-state index in [2.05, 4.69) is 104 Å². The van der Waals surface area contributed by atoms with Crippen molar-refractivity contribution in [1.29, 1.82) is 0 Å². The third-order valence-electron chi connectivity index (χ3n) is 5.76. The van der Waals surface area contributed by atoms with E-state index in [4.69, 9.17) is 0 Å². The Balaban J connectivity index is 2.51. The van der Waals surface area contributed by atoms with Crippen LogP contribution in [-0.4, -0.2) is 0 Å². The molecule has 3 rings (SSSR count). The maximum absolute atomic E-state index is 2.48. The smallest absolute Gasteiger partial charge is 0.00965 e. The molecule has 27 heavy (non-hydrogen) atoms. The maximum Gasteiger partial charge on any atom is -0.00965 e. The molecule has 0 aliphatic heterocycles. The molecule has 0 saturated heterocycles. The zero-order valence-corrected chi connectivity index (χ0v) is 18.3. The van der Waals surface area contributed by atoms with Gasteiger partial charge in [0.1, 0.15) is 0 Å². The average Bonchev–Trinajstić information content (AvgIpc) is 2.60. The standard InChI is InChI=1S/C27H34/c1-17(2)20-14-11-15-21(18(3)4)26(20)24-16-25(27(6,7)8)19(5)22-12-9-10-13-23(22)24/h9-18H,1-8H3. The first-order chi connectivity index (χ1) is 12.6. The van der Waals surface area contributed by atoms with Gasteiger partial charge in [0, 0.05) is 0 Å². The molecule has 0 unspecified atom stereocenters. The van der Waals surface area contributed by atoms with Gasteiger partial charge in [0.25, 0.3) is 0 Å². The van der Waals surface area contributed by atoms with Crippen molar-refractivity contribution in [2.45, 2.75) is 72.6 Å². The van der Waals surface area contributed by atoms with Gasteiger partial charge in [0.15, 0.2) is 0 Å². The molecule has 0 aromatic heterocycles. The minimum Gasteiger partial charge on any atom is -0.0617 e. The normalized spacial score (nSPS) is 12.4. The molecular weight excluding hydrogens is 324 g/mol. The quantitative estimate of drug-likeness (QED) is 0.441. The lowest BCUT2D eigenvalue weighted by atomic mass is 9.77. The molecule has 142 valence electrons. The van der Waals surface area contributed by atoms with Crippen LogP contribution in [0.15, 0.2) is 48.5 Å². The van der Waals surface area contributed by atoms with Crippen LogP contribution in [-0.2, 0) is 5.41 Å². The number of hydrogen-bond donors (Lipinski definition) is 0. The molecule has 0 atom stereocenters. The Morgan fingerprint density at radius 1 is 0.704 bits per heavy atom. The largest absolute Gasteiger partial charge is 0.0617 e. The Hall–Kier alpha value is -2.08. The molecule has 3 aromatic carbocycles. The van der Waals surface area contributed by atoms with Gasteiger partial charge in [0.05, 0.1) is 0 Å². The number of rotatable bonds is 3. The summed E-state index contributed by atoms with van der Waals surface area (Å²) in [6.45, 7) is 18.5. The molecule has 0 saturated carbocycles. The van der Waals surface area contributed by atoms with E-state index >= 15 is 0 Å². The van der Waals surface area contributed by atoms with E-state index in [0.717, 1.165) is 0 Å². The second kappa shape index (κ2) is 7.15. The van der Waals surface area contributed by atoms with Gasteiger partial charge >= 0.3 is 0 Å². The van der Waals surface area contributed by atoms with Crippen molar-refractivity contribution in [1.82, 2.24) is 0 Å². The Labute approximate surface area is 165 Å². The van der Waals surface area contributed by atoms with Gasteiger partial charge in [-0.2, -0.15) is 0 Å². The molecule has 0 fully saturated rings. The summed E-state index contributed by atoms with van der Waals surface area (Å²) in [4.78, 5) is 0. The lowest BCUT2D eigenvalue weighted by Crippen LogP contribution is -2.14. The third-order valence-corrected chi connectivity index (χ3v) is 5.76. The van der Waals surface area contributed by atoms with Crippen LogP contribution in [0.1, 0.15) is 82.6 Å². The Bertz CT molecular complexity index is 939. The SMILES string of the molecule is Cc1c(C(C)(C)C)cc(-c2c(C(C)C)cccc2C(C)C)c2ccccc12. The summed E-state index contributed by atoms with van der Waals surface area (Å²) in [6.07, 6.45) is 0. The zero-order valence-electron chi connectivity index (χ0n) is 18.3. The van der Waals surface area contributed by atoms with Gasteiger partial charge in [-0.15, -0.1) is 0 Å². The van der Waals surface area contributed by atoms with Crippen molar-refractivity contribution in [2.75, 3.05) is 0 Å². The second-order valence-corrected chi connectivity index (χ2v) is 9.51. The van der Waals surface area contributed by atoms with Gasteiger partial charge in [-0.1, -0.05) is 90.9 Å². The molecule has 0 aliphatic rings. The molecule has 0 nitrogen and oxygen atoms in total. The van der Waals surface area contributed by atoms with Crippen molar-refractivity contribution in [2.24, 2.45) is 0 Å². The van der Waals surface area contributed by atoms with Gasteiger partial charge in [-0.25, -0.2) is 0 Å². The van der Waals surface area contributed by atoms with E-state index in [1.54, 1.807) is 0 Å². The lowest BCUT2D eigenvalue weighted by molar-refractivity contribution is 0.587. The summed E-state index contributed by atoms with van der Waals surface area (Å²) in [5, 5.41) is 2.76. The highest BCUT2D eigenvalue weighted by atomic mass is 14.3. The van der Waals surface area contributed by atoms with Gasteiger partial charge in [-0.05, 0) is 74.4 Å². The van der Waals surface area contributed by atoms with E-state index in [9.17, 15) is 0 Å². The van der Waals surface area contributed by atoms with Gasteiger partial charge < -0.3 is 0 Å². The topological polar surface area (TPSA) is 0 Å². The van der Waals surface area contributed by atoms with Crippen LogP contribution < -0.4 is 0 Å². The minimum absolute atomic E-state index is 0.119. The molecule has 0 N–H and O–H groups in total. The first-order valence-corrected chi connectivity index (χ1v) is 10.3. The van der Waals surface area contributed by atoms with E-state index in [-0.39, 0.29) is 5.41 Å². The van der Waals surface area contributed by atoms with Crippen molar-refractivity contribution < 1.29 is 0 Å². The maximum atomic E-state index is 2.48. The van der Waals surface area contributed by atoms with Gasteiger partial charge in [-0.3, -0.25) is 0 Å². The van der Waals surface area contributed by atoms with Crippen molar-refractivity contribution >= 4 is 10.8 Å². The summed E-state index contributed by atoms with van der Waals surface area (Å²) < 4.78 is 0. The summed E-state index contributed by atoms with van der Waals surface area (Å²) in [6, 6.07) is 18.3. The van der Waals surface area contributed by atoms with Crippen LogP contribution in [0.5, 0.6) is 0 Å². The summed E-state index contributed by atoms with van der Waals surface area (Å²) in [7, 11) is 0. The molecule has 0 aliphatic carbocycles. The fourth-order valence-electron chi connectivity index (χ4n) is 4.37. The summed E-state index contributed by atoms with van der Waals surface area (Å²) in [5.41, 5.74) is 8.73. The first kappa shape index (κ1) is 19.7. The van der Waals surface area contributed by atoms with Crippen LogP contribution in [0.2, 0.25) is 0 Å². The number of fused-ring (bicyclic) bond motifs is 1. The predicted molar refractivity (Wildman–Crippen MR) is 121 cm³/mol. The average molecular weight is 359 g/mol. The van der Waals surface area contributed by atoms with Crippen LogP contribution in [0, 0.1) is 6.92 Å². The predicted octanol–water partition coefficient (Wildman–Crippen LogP) is 8.36. The number of hydrogen-bond acceptors (Lipinski definition) is 0. The zero-order chi connectivity index (χ0) is 19.9. The van der Waals surface area contributed by atoms with Crippen LogP contribution in [0.3, 0.4) is 0 Å². The Kier molecular flexibility index (Phi) is 5.21. The lowest BCUT2D eigenvalue weighted by Gasteiger charge is -2.27. The molecule has 0 amide bonds. The van der Waals surface area contributed by atoms with E-state index in [1.807, 2.05) is 0 Å². The Morgan fingerprint density at radius 3 is 1.70 bits per heavy atom.